The minimum absolute atomic E-state index is 0.457. The van der Waals surface area contributed by atoms with Crippen molar-refractivity contribution in [1.29, 1.82) is 0 Å². The minimum Gasteiger partial charge on any atom is -0.378 e. The zero-order valence-corrected chi connectivity index (χ0v) is 18.9. The molecule has 0 unspecified atom stereocenters. The van der Waals surface area contributed by atoms with E-state index in [1.807, 2.05) is 6.33 Å². The van der Waals surface area contributed by atoms with Crippen molar-refractivity contribution in [2.24, 2.45) is 0 Å². The fraction of sp³-hybridized carbons (Fsp3) is 0.423. The molecule has 4 aromatic rings. The van der Waals surface area contributed by atoms with Crippen LogP contribution in [0.15, 0.2) is 48.8 Å². The van der Waals surface area contributed by atoms with Gasteiger partial charge in [-0.2, -0.15) is 9.97 Å². The van der Waals surface area contributed by atoms with Crippen molar-refractivity contribution in [2.45, 2.75) is 44.7 Å². The van der Waals surface area contributed by atoms with Crippen molar-refractivity contribution >= 4 is 33.7 Å². The molecule has 7 nitrogen and oxygen atoms in total. The van der Waals surface area contributed by atoms with Crippen LogP contribution in [0.2, 0.25) is 0 Å². The van der Waals surface area contributed by atoms with Gasteiger partial charge in [-0.25, -0.2) is 4.98 Å². The second-order valence-corrected chi connectivity index (χ2v) is 9.18. The molecule has 7 heteroatoms. The van der Waals surface area contributed by atoms with Gasteiger partial charge in [0.05, 0.1) is 19.5 Å². The molecule has 1 aliphatic carbocycles. The lowest BCUT2D eigenvalue weighted by Crippen LogP contribution is -2.37. The average molecular weight is 443 g/mol. The number of rotatable bonds is 5. The molecule has 33 heavy (non-hydrogen) atoms. The van der Waals surface area contributed by atoms with Crippen LogP contribution >= 0.6 is 0 Å². The summed E-state index contributed by atoms with van der Waals surface area (Å²) in [5, 5.41) is 6.29. The Morgan fingerprint density at radius 1 is 0.939 bits per heavy atom. The van der Waals surface area contributed by atoms with E-state index < -0.39 is 0 Å². The van der Waals surface area contributed by atoms with E-state index in [4.69, 9.17) is 19.7 Å². The zero-order valence-electron chi connectivity index (χ0n) is 18.9. The van der Waals surface area contributed by atoms with Crippen LogP contribution in [0.5, 0.6) is 0 Å². The lowest BCUT2D eigenvalue weighted by atomic mass is 9.95. The van der Waals surface area contributed by atoms with Crippen molar-refractivity contribution in [3.63, 3.8) is 0 Å². The van der Waals surface area contributed by atoms with Crippen LogP contribution in [0, 0.1) is 0 Å². The quantitative estimate of drug-likeness (QED) is 0.487. The number of hydrogen-bond acceptors (Lipinski definition) is 6. The maximum absolute atomic E-state index is 5.53. The highest BCUT2D eigenvalue weighted by atomic mass is 16.5. The van der Waals surface area contributed by atoms with E-state index in [2.05, 4.69) is 57.2 Å². The lowest BCUT2D eigenvalue weighted by Gasteiger charge is -2.28. The first-order chi connectivity index (χ1) is 16.3. The summed E-state index contributed by atoms with van der Waals surface area (Å²) in [4.78, 5) is 16.8. The first kappa shape index (κ1) is 20.4. The number of ether oxygens (including phenoxy) is 1. The summed E-state index contributed by atoms with van der Waals surface area (Å²) in [5.41, 5.74) is 2.99. The number of benzene rings is 2. The van der Waals surface area contributed by atoms with Crippen LogP contribution in [0.4, 0.5) is 11.8 Å². The largest absolute Gasteiger partial charge is 0.378 e. The highest BCUT2D eigenvalue weighted by Crippen LogP contribution is 2.28. The van der Waals surface area contributed by atoms with Gasteiger partial charge < -0.3 is 19.5 Å². The maximum atomic E-state index is 5.53. The van der Waals surface area contributed by atoms with Crippen LogP contribution in [0.1, 0.15) is 37.7 Å². The Hall–Kier alpha value is -3.19. The smallest absolute Gasteiger partial charge is 0.229 e. The Morgan fingerprint density at radius 3 is 2.61 bits per heavy atom. The fourth-order valence-corrected chi connectivity index (χ4v) is 5.07. The number of imidazole rings is 1. The standard InChI is InChI=1S/C26H30N6O/c1-2-8-22(9-3-1)28-25-23-24(29-26(30-25)31-12-14-33-15-13-31)27-18-32(23)17-19-10-11-20-6-4-5-7-21(20)16-19/h4-7,10-11,16,18,22H,1-3,8-9,12-15,17H2,(H,28,29,30). The molecule has 0 atom stereocenters. The molecule has 1 saturated carbocycles. The van der Waals surface area contributed by atoms with Gasteiger partial charge in [-0.1, -0.05) is 55.7 Å². The molecule has 0 spiro atoms. The Balaban J connectivity index is 1.38. The Labute approximate surface area is 193 Å². The van der Waals surface area contributed by atoms with Crippen molar-refractivity contribution in [3.05, 3.63) is 54.4 Å². The SMILES string of the molecule is c1ccc2cc(Cn3cnc4nc(N5CCOCC5)nc(NC5CCCCC5)c43)ccc2c1. The third-order valence-corrected chi connectivity index (χ3v) is 6.87. The highest BCUT2D eigenvalue weighted by Gasteiger charge is 2.22. The van der Waals surface area contributed by atoms with Crippen LogP contribution < -0.4 is 10.2 Å². The number of fused-ring (bicyclic) bond motifs is 2. The van der Waals surface area contributed by atoms with E-state index in [0.29, 0.717) is 19.3 Å². The summed E-state index contributed by atoms with van der Waals surface area (Å²) in [5.74, 6) is 1.66. The highest BCUT2D eigenvalue weighted by molar-refractivity contribution is 5.85. The summed E-state index contributed by atoms with van der Waals surface area (Å²) < 4.78 is 7.72. The maximum Gasteiger partial charge on any atom is 0.229 e. The van der Waals surface area contributed by atoms with Crippen LogP contribution in [0.25, 0.3) is 21.9 Å². The van der Waals surface area contributed by atoms with Gasteiger partial charge in [0.15, 0.2) is 11.5 Å². The molecule has 1 aliphatic heterocycles. The fourth-order valence-electron chi connectivity index (χ4n) is 5.07. The minimum atomic E-state index is 0.457. The number of nitrogens with one attached hydrogen (secondary N) is 1. The van der Waals surface area contributed by atoms with Gasteiger partial charge in [0, 0.05) is 25.7 Å². The van der Waals surface area contributed by atoms with Crippen molar-refractivity contribution in [3.8, 4) is 0 Å². The molecular formula is C26H30N6O. The molecule has 0 radical (unpaired) electrons. The zero-order chi connectivity index (χ0) is 22.0. The van der Waals surface area contributed by atoms with Gasteiger partial charge in [-0.3, -0.25) is 0 Å². The molecule has 6 rings (SSSR count). The molecule has 1 N–H and O–H groups in total. The van der Waals surface area contributed by atoms with E-state index in [1.54, 1.807) is 0 Å². The normalized spacial score (nSPS) is 17.6. The Bertz CT molecular complexity index is 1260. The number of morpholine rings is 1. The molecule has 0 amide bonds. The number of hydrogen-bond donors (Lipinski definition) is 1. The summed E-state index contributed by atoms with van der Waals surface area (Å²) in [6.07, 6.45) is 8.17. The van der Waals surface area contributed by atoms with Crippen LogP contribution in [0.3, 0.4) is 0 Å². The van der Waals surface area contributed by atoms with Gasteiger partial charge in [0.25, 0.3) is 0 Å². The topological polar surface area (TPSA) is 68.1 Å². The predicted molar refractivity (Wildman–Crippen MR) is 132 cm³/mol. The molecular weight excluding hydrogens is 412 g/mol. The number of anilines is 2. The van der Waals surface area contributed by atoms with Gasteiger partial charge in [0.1, 0.15) is 5.52 Å². The Morgan fingerprint density at radius 2 is 1.76 bits per heavy atom. The van der Waals surface area contributed by atoms with Gasteiger partial charge >= 0.3 is 0 Å². The number of nitrogens with zero attached hydrogens (tertiary/aromatic N) is 5. The molecule has 2 aromatic carbocycles. The van der Waals surface area contributed by atoms with Crippen molar-refractivity contribution in [2.75, 3.05) is 36.5 Å². The van der Waals surface area contributed by atoms with E-state index >= 15 is 0 Å². The summed E-state index contributed by atoms with van der Waals surface area (Å²) in [6, 6.07) is 15.6. The summed E-state index contributed by atoms with van der Waals surface area (Å²) >= 11 is 0. The average Bonchev–Trinajstić information content (AvgIpc) is 3.28. The molecule has 2 aliphatic rings. The van der Waals surface area contributed by atoms with E-state index in [0.717, 1.165) is 42.6 Å². The van der Waals surface area contributed by atoms with E-state index in [9.17, 15) is 0 Å². The van der Waals surface area contributed by atoms with Crippen molar-refractivity contribution < 1.29 is 4.74 Å². The third-order valence-electron chi connectivity index (χ3n) is 6.87. The molecule has 3 heterocycles. The Kier molecular flexibility index (Phi) is 5.56. The molecule has 2 aromatic heterocycles. The second-order valence-electron chi connectivity index (χ2n) is 9.18. The summed E-state index contributed by atoms with van der Waals surface area (Å²) in [6.45, 7) is 3.78. The van der Waals surface area contributed by atoms with E-state index in [1.165, 1.54) is 48.4 Å². The molecule has 2 fully saturated rings. The van der Waals surface area contributed by atoms with E-state index in [-0.39, 0.29) is 0 Å². The molecule has 1 saturated heterocycles. The first-order valence-corrected chi connectivity index (χ1v) is 12.1. The molecule has 0 bridgehead atoms. The third kappa shape index (κ3) is 4.25. The predicted octanol–water partition coefficient (Wildman–Crippen LogP) is 4.61. The van der Waals surface area contributed by atoms with Crippen LogP contribution in [-0.2, 0) is 11.3 Å². The van der Waals surface area contributed by atoms with Gasteiger partial charge in [0.2, 0.25) is 5.95 Å². The van der Waals surface area contributed by atoms with Gasteiger partial charge in [-0.15, -0.1) is 0 Å². The monoisotopic (exact) mass is 442 g/mol. The number of aromatic nitrogens is 4. The first-order valence-electron chi connectivity index (χ1n) is 12.1. The van der Waals surface area contributed by atoms with Gasteiger partial charge in [-0.05, 0) is 35.2 Å². The van der Waals surface area contributed by atoms with Crippen molar-refractivity contribution in [1.82, 2.24) is 19.5 Å². The lowest BCUT2D eigenvalue weighted by molar-refractivity contribution is 0.122. The second kappa shape index (κ2) is 8.98. The van der Waals surface area contributed by atoms with Crippen LogP contribution in [-0.4, -0.2) is 51.9 Å². The summed E-state index contributed by atoms with van der Waals surface area (Å²) in [7, 11) is 0. The molecule has 170 valence electrons.